The van der Waals surface area contributed by atoms with Crippen LogP contribution >= 0.6 is 12.4 Å². The summed E-state index contributed by atoms with van der Waals surface area (Å²) < 4.78 is 18.2. The van der Waals surface area contributed by atoms with E-state index in [0.29, 0.717) is 12.1 Å². The van der Waals surface area contributed by atoms with Crippen molar-refractivity contribution in [2.45, 2.75) is 32.2 Å². The van der Waals surface area contributed by atoms with Crippen LogP contribution < -0.4 is 15.8 Å². The normalized spacial score (nSPS) is 13.1. The van der Waals surface area contributed by atoms with Crippen molar-refractivity contribution in [3.05, 3.63) is 24.0 Å². The first-order chi connectivity index (χ1) is 8.40. The molecule has 0 fully saturated rings. The van der Waals surface area contributed by atoms with Crippen LogP contribution in [-0.4, -0.2) is 18.6 Å². The molecule has 1 unspecified atom stereocenters. The maximum absolute atomic E-state index is 13.4. The minimum atomic E-state index is -0.953. The number of carbonyl (C=O) groups excluding carboxylic acids is 1. The Morgan fingerprint density at radius 3 is 2.63 bits per heavy atom. The highest BCUT2D eigenvalue weighted by atomic mass is 35.5. The quantitative estimate of drug-likeness (QED) is 0.876. The van der Waals surface area contributed by atoms with Gasteiger partial charge in [0.15, 0.2) is 11.6 Å². The zero-order valence-corrected chi connectivity index (χ0v) is 12.1. The second-order valence-electron chi connectivity index (χ2n) is 4.47. The summed E-state index contributed by atoms with van der Waals surface area (Å²) in [5.41, 5.74) is 5.30. The molecule has 0 saturated heterocycles. The number of anilines is 1. The molecule has 1 amide bonds. The lowest BCUT2D eigenvalue weighted by atomic mass is 9.96. The Bertz CT molecular complexity index is 439. The van der Waals surface area contributed by atoms with E-state index < -0.39 is 11.4 Å². The Kier molecular flexibility index (Phi) is 6.79. The number of ether oxygens (including phenoxy) is 1. The number of hydrogen-bond donors (Lipinski definition) is 2. The van der Waals surface area contributed by atoms with Crippen LogP contribution in [0.25, 0.3) is 0 Å². The molecule has 1 aromatic carbocycles. The van der Waals surface area contributed by atoms with Gasteiger partial charge in [-0.2, -0.15) is 0 Å². The first kappa shape index (κ1) is 17.7. The maximum Gasteiger partial charge on any atom is 0.244 e. The lowest BCUT2D eigenvalue weighted by Crippen LogP contribution is -2.48. The van der Waals surface area contributed by atoms with E-state index in [1.54, 1.807) is 13.0 Å². The van der Waals surface area contributed by atoms with E-state index in [0.717, 1.165) is 6.42 Å². The third-order valence-corrected chi connectivity index (χ3v) is 2.70. The third-order valence-electron chi connectivity index (χ3n) is 2.70. The fourth-order valence-corrected chi connectivity index (χ4v) is 1.65. The van der Waals surface area contributed by atoms with Crippen LogP contribution in [0, 0.1) is 5.82 Å². The molecule has 0 spiro atoms. The highest BCUT2D eigenvalue weighted by Crippen LogP contribution is 2.21. The third kappa shape index (κ3) is 4.69. The molecule has 3 N–H and O–H groups in total. The summed E-state index contributed by atoms with van der Waals surface area (Å²) in [4.78, 5) is 11.9. The molecule has 1 rings (SSSR count). The van der Waals surface area contributed by atoms with Gasteiger partial charge >= 0.3 is 0 Å². The van der Waals surface area contributed by atoms with Crippen LogP contribution in [0.4, 0.5) is 10.1 Å². The van der Waals surface area contributed by atoms with Gasteiger partial charge in [-0.1, -0.05) is 13.3 Å². The Morgan fingerprint density at radius 1 is 1.53 bits per heavy atom. The first-order valence-electron chi connectivity index (χ1n) is 5.84. The van der Waals surface area contributed by atoms with Crippen molar-refractivity contribution >= 4 is 24.0 Å². The smallest absolute Gasteiger partial charge is 0.244 e. The van der Waals surface area contributed by atoms with Gasteiger partial charge in [-0.15, -0.1) is 12.4 Å². The van der Waals surface area contributed by atoms with Crippen molar-refractivity contribution in [3.8, 4) is 5.75 Å². The average Bonchev–Trinajstić information content (AvgIpc) is 2.29. The molecule has 1 aromatic rings. The summed E-state index contributed by atoms with van der Waals surface area (Å²) in [5.74, 6) is -0.712. The number of benzene rings is 1. The number of amides is 1. The molecular formula is C13H20ClFN2O2. The number of carbonyl (C=O) groups is 1. The van der Waals surface area contributed by atoms with Crippen LogP contribution in [0.3, 0.4) is 0 Å². The molecule has 0 aromatic heterocycles. The highest BCUT2D eigenvalue weighted by Gasteiger charge is 2.27. The fourth-order valence-electron chi connectivity index (χ4n) is 1.65. The molecule has 0 bridgehead atoms. The maximum atomic E-state index is 13.4. The molecule has 0 radical (unpaired) electrons. The summed E-state index contributed by atoms with van der Waals surface area (Å²) in [5, 5.41) is 2.60. The van der Waals surface area contributed by atoms with Gasteiger partial charge in [0.05, 0.1) is 12.6 Å². The Hall–Kier alpha value is -1.33. The summed E-state index contributed by atoms with van der Waals surface area (Å²) >= 11 is 0. The topological polar surface area (TPSA) is 64.4 Å². The van der Waals surface area contributed by atoms with Gasteiger partial charge in [-0.25, -0.2) is 4.39 Å². The second-order valence-corrected chi connectivity index (χ2v) is 4.47. The minimum Gasteiger partial charge on any atom is -0.494 e. The predicted octanol–water partition coefficient (Wildman–Crippen LogP) is 2.71. The van der Waals surface area contributed by atoms with Crippen molar-refractivity contribution in [1.82, 2.24) is 0 Å². The molecule has 0 aliphatic heterocycles. The number of hydrogen-bond acceptors (Lipinski definition) is 3. The molecule has 19 heavy (non-hydrogen) atoms. The summed E-state index contributed by atoms with van der Waals surface area (Å²) in [6.45, 7) is 3.61. The van der Waals surface area contributed by atoms with Gasteiger partial charge < -0.3 is 15.8 Å². The van der Waals surface area contributed by atoms with Gasteiger partial charge in [0.2, 0.25) is 5.91 Å². The van der Waals surface area contributed by atoms with Gasteiger partial charge in [0.1, 0.15) is 0 Å². The van der Waals surface area contributed by atoms with Crippen LogP contribution in [0.15, 0.2) is 18.2 Å². The molecule has 6 heteroatoms. The monoisotopic (exact) mass is 290 g/mol. The van der Waals surface area contributed by atoms with E-state index in [1.807, 2.05) is 6.92 Å². The lowest BCUT2D eigenvalue weighted by molar-refractivity contribution is -0.120. The molecule has 0 aliphatic carbocycles. The predicted molar refractivity (Wildman–Crippen MR) is 76.3 cm³/mol. The van der Waals surface area contributed by atoms with Gasteiger partial charge in [0.25, 0.3) is 0 Å². The first-order valence-corrected chi connectivity index (χ1v) is 5.84. The molecular weight excluding hydrogens is 271 g/mol. The SMILES string of the molecule is CCCC(C)(N)C(=O)Nc1ccc(OC)c(F)c1.Cl. The fraction of sp³-hybridized carbons (Fsp3) is 0.462. The van der Waals surface area contributed by atoms with E-state index in [1.165, 1.54) is 19.2 Å². The molecule has 0 saturated carbocycles. The number of halogens is 2. The molecule has 1 atom stereocenters. The van der Waals surface area contributed by atoms with Crippen molar-refractivity contribution in [1.29, 1.82) is 0 Å². The van der Waals surface area contributed by atoms with Crippen molar-refractivity contribution < 1.29 is 13.9 Å². The average molecular weight is 291 g/mol. The van der Waals surface area contributed by atoms with E-state index in [9.17, 15) is 9.18 Å². The lowest BCUT2D eigenvalue weighted by Gasteiger charge is -2.22. The largest absolute Gasteiger partial charge is 0.494 e. The van der Waals surface area contributed by atoms with Crippen molar-refractivity contribution in [3.63, 3.8) is 0 Å². The molecule has 0 heterocycles. The Morgan fingerprint density at radius 2 is 2.16 bits per heavy atom. The van der Waals surface area contributed by atoms with Gasteiger partial charge in [-0.05, 0) is 25.5 Å². The number of nitrogens with two attached hydrogens (primary N) is 1. The zero-order valence-electron chi connectivity index (χ0n) is 11.3. The minimum absolute atomic E-state index is 0. The van der Waals surface area contributed by atoms with Crippen LogP contribution in [0.5, 0.6) is 5.75 Å². The standard InChI is InChI=1S/C13H19FN2O2.ClH/c1-4-7-13(2,15)12(17)16-9-5-6-11(18-3)10(14)8-9;/h5-6,8H,4,7,15H2,1-3H3,(H,16,17);1H. The van der Waals surface area contributed by atoms with Crippen molar-refractivity contribution in [2.24, 2.45) is 5.73 Å². The van der Waals surface area contributed by atoms with E-state index in [-0.39, 0.29) is 24.1 Å². The van der Waals surface area contributed by atoms with Gasteiger partial charge in [0, 0.05) is 11.8 Å². The number of nitrogens with one attached hydrogen (secondary N) is 1. The molecule has 4 nitrogen and oxygen atoms in total. The van der Waals surface area contributed by atoms with E-state index in [4.69, 9.17) is 10.5 Å². The van der Waals surface area contributed by atoms with E-state index in [2.05, 4.69) is 5.32 Å². The van der Waals surface area contributed by atoms with Crippen LogP contribution in [0.1, 0.15) is 26.7 Å². The zero-order chi connectivity index (χ0) is 13.8. The number of rotatable bonds is 5. The molecule has 108 valence electrons. The summed E-state index contributed by atoms with van der Waals surface area (Å²) in [6, 6.07) is 4.24. The van der Waals surface area contributed by atoms with Crippen molar-refractivity contribution in [2.75, 3.05) is 12.4 Å². The molecule has 0 aliphatic rings. The Balaban J connectivity index is 0.00000324. The van der Waals surface area contributed by atoms with Gasteiger partial charge in [-0.3, -0.25) is 4.79 Å². The van der Waals surface area contributed by atoms with E-state index >= 15 is 0 Å². The van der Waals surface area contributed by atoms with Crippen LogP contribution in [-0.2, 0) is 4.79 Å². The summed E-state index contributed by atoms with van der Waals surface area (Å²) in [6.07, 6.45) is 1.37. The highest BCUT2D eigenvalue weighted by molar-refractivity contribution is 5.97. The number of methoxy groups -OCH3 is 1. The Labute approximate surface area is 118 Å². The summed E-state index contributed by atoms with van der Waals surface area (Å²) in [7, 11) is 1.38. The second kappa shape index (κ2) is 7.31. The van der Waals surface area contributed by atoms with Crippen LogP contribution in [0.2, 0.25) is 0 Å².